The van der Waals surface area contributed by atoms with Gasteiger partial charge in [0.2, 0.25) is 5.91 Å². The lowest BCUT2D eigenvalue weighted by Crippen LogP contribution is -2.13. The van der Waals surface area contributed by atoms with E-state index in [1.165, 1.54) is 5.56 Å². The van der Waals surface area contributed by atoms with E-state index in [1.807, 2.05) is 52.0 Å². The van der Waals surface area contributed by atoms with Gasteiger partial charge in [0.05, 0.1) is 0 Å². The number of carbonyl (C=O) groups excluding carboxylic acids is 2. The van der Waals surface area contributed by atoms with Gasteiger partial charge in [-0.3, -0.25) is 9.59 Å². The van der Waals surface area contributed by atoms with Crippen LogP contribution in [0, 0.1) is 27.7 Å². The van der Waals surface area contributed by atoms with Crippen LogP contribution >= 0.6 is 11.3 Å². The molecule has 0 atom stereocenters. The zero-order valence-corrected chi connectivity index (χ0v) is 14.3. The van der Waals surface area contributed by atoms with Gasteiger partial charge in [-0.1, -0.05) is 6.07 Å². The molecule has 116 valence electrons. The second-order valence-corrected chi connectivity index (χ2v) is 7.06. The molecule has 1 N–H and O–H groups in total. The highest BCUT2D eigenvalue weighted by atomic mass is 32.1. The van der Waals surface area contributed by atoms with Gasteiger partial charge >= 0.3 is 0 Å². The maximum atomic E-state index is 12.2. The standard InChI is InChI=1S/C18H21NO2S/c1-11-5-6-15(9-12(11)2)19-18(21)8-7-17(20)16-10-13(3)22-14(16)4/h5-6,9-10H,7-8H2,1-4H3,(H,19,21). The molecule has 0 aliphatic carbocycles. The van der Waals surface area contributed by atoms with E-state index in [4.69, 9.17) is 0 Å². The summed E-state index contributed by atoms with van der Waals surface area (Å²) < 4.78 is 0. The first-order valence-corrected chi connectivity index (χ1v) is 8.16. The molecule has 2 rings (SSSR count). The molecule has 4 heteroatoms. The molecule has 0 fully saturated rings. The molecular weight excluding hydrogens is 294 g/mol. The Balaban J connectivity index is 1.91. The highest BCUT2D eigenvalue weighted by Gasteiger charge is 2.14. The van der Waals surface area contributed by atoms with Crippen LogP contribution in [-0.4, -0.2) is 11.7 Å². The molecule has 1 amide bonds. The molecule has 0 unspecified atom stereocenters. The summed E-state index contributed by atoms with van der Waals surface area (Å²) in [6.45, 7) is 7.97. The van der Waals surface area contributed by atoms with Crippen molar-refractivity contribution >= 4 is 28.7 Å². The smallest absolute Gasteiger partial charge is 0.224 e. The van der Waals surface area contributed by atoms with E-state index in [-0.39, 0.29) is 24.5 Å². The topological polar surface area (TPSA) is 46.2 Å². The minimum Gasteiger partial charge on any atom is -0.326 e. The normalized spacial score (nSPS) is 10.5. The maximum Gasteiger partial charge on any atom is 0.224 e. The van der Waals surface area contributed by atoms with Crippen LogP contribution in [0.25, 0.3) is 0 Å². The number of ketones is 1. The second kappa shape index (κ2) is 6.88. The average Bonchev–Trinajstić information content (AvgIpc) is 2.79. The summed E-state index contributed by atoms with van der Waals surface area (Å²) in [5, 5.41) is 2.85. The quantitative estimate of drug-likeness (QED) is 0.821. The van der Waals surface area contributed by atoms with Gasteiger partial charge < -0.3 is 5.32 Å². The Morgan fingerprint density at radius 3 is 2.32 bits per heavy atom. The third-order valence-electron chi connectivity index (χ3n) is 3.71. The first kappa shape index (κ1) is 16.4. The van der Waals surface area contributed by atoms with Gasteiger partial charge in [-0.25, -0.2) is 0 Å². The molecule has 0 spiro atoms. The number of hydrogen-bond acceptors (Lipinski definition) is 3. The molecular formula is C18H21NO2S. The predicted molar refractivity (Wildman–Crippen MR) is 91.9 cm³/mol. The lowest BCUT2D eigenvalue weighted by atomic mass is 10.1. The molecule has 3 nitrogen and oxygen atoms in total. The van der Waals surface area contributed by atoms with Gasteiger partial charge in [0.25, 0.3) is 0 Å². The molecule has 22 heavy (non-hydrogen) atoms. The number of thiophene rings is 1. The van der Waals surface area contributed by atoms with E-state index < -0.39 is 0 Å². The number of benzene rings is 1. The van der Waals surface area contributed by atoms with Crippen molar-refractivity contribution < 1.29 is 9.59 Å². The first-order valence-electron chi connectivity index (χ1n) is 7.34. The van der Waals surface area contributed by atoms with Crippen molar-refractivity contribution in [2.24, 2.45) is 0 Å². The Morgan fingerprint density at radius 1 is 1.00 bits per heavy atom. The van der Waals surface area contributed by atoms with Gasteiger partial charge in [-0.2, -0.15) is 0 Å². The lowest BCUT2D eigenvalue weighted by Gasteiger charge is -2.07. The van der Waals surface area contributed by atoms with Gasteiger partial charge in [0.1, 0.15) is 0 Å². The third kappa shape index (κ3) is 4.04. The minimum atomic E-state index is -0.124. The molecule has 1 heterocycles. The fraction of sp³-hybridized carbons (Fsp3) is 0.333. The van der Waals surface area contributed by atoms with Gasteiger partial charge in [0, 0.05) is 33.8 Å². The predicted octanol–water partition coefficient (Wildman–Crippen LogP) is 4.58. The maximum absolute atomic E-state index is 12.2. The van der Waals surface area contributed by atoms with Crippen molar-refractivity contribution in [3.63, 3.8) is 0 Å². The van der Waals surface area contributed by atoms with Crippen LogP contribution in [0.1, 0.15) is 44.1 Å². The van der Waals surface area contributed by atoms with E-state index in [0.717, 1.165) is 26.6 Å². The van der Waals surface area contributed by atoms with Crippen LogP contribution in [0.5, 0.6) is 0 Å². The van der Waals surface area contributed by atoms with Crippen molar-refractivity contribution in [2.75, 3.05) is 5.32 Å². The Hall–Kier alpha value is -1.94. The van der Waals surface area contributed by atoms with Crippen molar-refractivity contribution in [3.8, 4) is 0 Å². The summed E-state index contributed by atoms with van der Waals surface area (Å²) in [4.78, 5) is 26.3. The molecule has 0 aliphatic rings. The summed E-state index contributed by atoms with van der Waals surface area (Å²) >= 11 is 1.62. The Bertz CT molecular complexity index is 716. The summed E-state index contributed by atoms with van der Waals surface area (Å²) in [7, 11) is 0. The summed E-state index contributed by atoms with van der Waals surface area (Å²) in [6, 6.07) is 7.72. The number of aryl methyl sites for hydroxylation is 4. The number of anilines is 1. The molecule has 0 radical (unpaired) electrons. The van der Waals surface area contributed by atoms with Crippen molar-refractivity contribution in [1.82, 2.24) is 0 Å². The Kier molecular flexibility index (Phi) is 5.14. The van der Waals surface area contributed by atoms with Crippen LogP contribution in [0.4, 0.5) is 5.69 Å². The fourth-order valence-corrected chi connectivity index (χ4v) is 3.25. The van der Waals surface area contributed by atoms with Crippen molar-refractivity contribution in [1.29, 1.82) is 0 Å². The van der Waals surface area contributed by atoms with E-state index in [0.29, 0.717) is 0 Å². The number of nitrogens with one attached hydrogen (secondary N) is 1. The van der Waals surface area contributed by atoms with E-state index in [1.54, 1.807) is 11.3 Å². The van der Waals surface area contributed by atoms with Crippen LogP contribution < -0.4 is 5.32 Å². The van der Waals surface area contributed by atoms with Crippen molar-refractivity contribution in [3.05, 3.63) is 50.7 Å². The molecule has 2 aromatic rings. The lowest BCUT2D eigenvalue weighted by molar-refractivity contribution is -0.116. The molecule has 1 aromatic heterocycles. The van der Waals surface area contributed by atoms with Crippen LogP contribution in [-0.2, 0) is 4.79 Å². The van der Waals surface area contributed by atoms with E-state index in [2.05, 4.69) is 5.32 Å². The van der Waals surface area contributed by atoms with Crippen LogP contribution in [0.15, 0.2) is 24.3 Å². The van der Waals surface area contributed by atoms with Crippen LogP contribution in [0.2, 0.25) is 0 Å². The Morgan fingerprint density at radius 2 is 1.73 bits per heavy atom. The van der Waals surface area contributed by atoms with E-state index >= 15 is 0 Å². The summed E-state index contributed by atoms with van der Waals surface area (Å²) in [6.07, 6.45) is 0.452. The number of amides is 1. The molecule has 0 saturated carbocycles. The Labute approximate surface area is 135 Å². The van der Waals surface area contributed by atoms with Crippen LogP contribution in [0.3, 0.4) is 0 Å². The largest absolute Gasteiger partial charge is 0.326 e. The SMILES string of the molecule is Cc1cc(C(=O)CCC(=O)Nc2ccc(C)c(C)c2)c(C)s1. The number of carbonyl (C=O) groups is 2. The third-order valence-corrected chi connectivity index (χ3v) is 4.68. The number of rotatable bonds is 5. The fourth-order valence-electron chi connectivity index (χ4n) is 2.31. The minimum absolute atomic E-state index is 0.0390. The highest BCUT2D eigenvalue weighted by Crippen LogP contribution is 2.22. The first-order chi connectivity index (χ1) is 10.4. The molecule has 0 aliphatic heterocycles. The monoisotopic (exact) mass is 315 g/mol. The van der Waals surface area contributed by atoms with Gasteiger partial charge in [0.15, 0.2) is 5.78 Å². The molecule has 0 saturated heterocycles. The number of Topliss-reactive ketones (excluding diaryl/α,β-unsaturated/α-hetero) is 1. The average molecular weight is 315 g/mol. The van der Waals surface area contributed by atoms with Gasteiger partial charge in [-0.15, -0.1) is 11.3 Å². The second-order valence-electron chi connectivity index (χ2n) is 5.60. The van der Waals surface area contributed by atoms with Gasteiger partial charge in [-0.05, 0) is 57.0 Å². The summed E-state index contributed by atoms with van der Waals surface area (Å²) in [5.41, 5.74) is 3.86. The van der Waals surface area contributed by atoms with Crippen molar-refractivity contribution in [2.45, 2.75) is 40.5 Å². The highest BCUT2D eigenvalue weighted by molar-refractivity contribution is 7.12. The zero-order chi connectivity index (χ0) is 16.3. The van der Waals surface area contributed by atoms with E-state index in [9.17, 15) is 9.59 Å². The number of hydrogen-bond donors (Lipinski definition) is 1. The molecule has 0 bridgehead atoms. The zero-order valence-electron chi connectivity index (χ0n) is 13.4. The summed E-state index contributed by atoms with van der Waals surface area (Å²) in [5.74, 6) is -0.0849. The molecule has 1 aromatic carbocycles.